The van der Waals surface area contributed by atoms with Gasteiger partial charge in [0.25, 0.3) is 0 Å². The molecule has 0 N–H and O–H groups in total. The largest absolute Gasteiger partial charge is 3.00 e. The monoisotopic (exact) mass is 104 g/mol. The molecule has 0 aromatic heterocycles. The number of hydrogen-bond acceptors (Lipinski definition) is 3. The number of nitroso groups, excluding NO2 is 3. The molecule has 0 aliphatic rings. The third-order valence-electron chi connectivity index (χ3n) is 0. The molecule has 0 unspecified atom stereocenters. The molecule has 0 saturated carbocycles. The molecule has 0 aromatic carbocycles. The third-order valence-corrected chi connectivity index (χ3v) is 0. The van der Waals surface area contributed by atoms with E-state index in [0.29, 0.717) is 0 Å². The van der Waals surface area contributed by atoms with Crippen molar-refractivity contribution in [1.29, 1.82) is 0 Å². The summed E-state index contributed by atoms with van der Waals surface area (Å²) in [5.74, 6) is 0. The molecule has 38 valence electrons. The Hall–Kier alpha value is -1.49. The van der Waals surface area contributed by atoms with Crippen LogP contribution in [0.2, 0.25) is 0 Å². The summed E-state index contributed by atoms with van der Waals surface area (Å²) >= 11 is 0. The second kappa shape index (κ2) is 25.0. The zero-order valence-corrected chi connectivity index (χ0v) is 3.01. The fourth-order valence-corrected chi connectivity index (χ4v) is 0. The van der Waals surface area contributed by atoms with Gasteiger partial charge in [0, 0.05) is 0 Å². The molecular formula is N4O3. The molecule has 0 aliphatic carbocycles. The minimum atomic E-state index is 0. The highest BCUT2D eigenvalue weighted by Gasteiger charge is 3.00. The summed E-state index contributed by atoms with van der Waals surface area (Å²) in [5.41, 5.74) is 17.2. The summed E-state index contributed by atoms with van der Waals surface area (Å²) in [6.45, 7) is 0. The van der Waals surface area contributed by atoms with Crippen LogP contribution in [-0.2, 0) is 0 Å². The maximum absolute atomic E-state index is 7.25. The minimum absolute atomic E-state index is 0. The van der Waals surface area contributed by atoms with E-state index >= 15 is 0 Å². The van der Waals surface area contributed by atoms with Gasteiger partial charge < -0.3 is 31.5 Å². The molecule has 7 heavy (non-hydrogen) atoms. The zero-order chi connectivity index (χ0) is 6.00. The van der Waals surface area contributed by atoms with Gasteiger partial charge in [-0.3, -0.25) is 0 Å². The van der Waals surface area contributed by atoms with E-state index in [2.05, 4.69) is 0 Å². The predicted molar refractivity (Wildman–Crippen MR) is 22.3 cm³/mol. The van der Waals surface area contributed by atoms with Gasteiger partial charge in [-0.15, -0.1) is 0 Å². The van der Waals surface area contributed by atoms with E-state index in [1.54, 1.807) is 0 Å². The van der Waals surface area contributed by atoms with Crippen LogP contribution in [0.3, 0.4) is 0 Å². The normalized spacial score (nSPS) is 1.71. The van der Waals surface area contributed by atoms with E-state index in [0.717, 1.165) is 0 Å². The lowest BCUT2D eigenvalue weighted by molar-refractivity contribution is 2.13. The zero-order valence-electron chi connectivity index (χ0n) is 3.01. The van der Waals surface area contributed by atoms with Crippen LogP contribution in [0.4, 0.5) is 0 Å². The van der Waals surface area contributed by atoms with E-state index in [4.69, 9.17) is 31.5 Å². The van der Waals surface area contributed by atoms with Gasteiger partial charge in [0.2, 0.25) is 0 Å². The fourth-order valence-electron chi connectivity index (χ4n) is 0. The van der Waals surface area contributed by atoms with Crippen LogP contribution in [0.25, 0.3) is 16.8 Å². The van der Waals surface area contributed by atoms with Crippen molar-refractivity contribution in [2.45, 2.75) is 0 Å². The number of rotatable bonds is 0. The lowest BCUT2D eigenvalue weighted by Crippen LogP contribution is -0.557. The molecule has 0 aliphatic heterocycles. The van der Waals surface area contributed by atoms with Gasteiger partial charge in [0.15, 0.2) is 0 Å². The Morgan fingerprint density at radius 3 is 0.571 bits per heavy atom. The number of nitrogens with zero attached hydrogens (tertiary/aromatic N) is 4. The van der Waals surface area contributed by atoms with Gasteiger partial charge >= 0.3 is 6.15 Å². The number of hydrogen-bond donors (Lipinski definition) is 0. The predicted octanol–water partition coefficient (Wildman–Crippen LogP) is 0.486. The van der Waals surface area contributed by atoms with Gasteiger partial charge in [-0.1, -0.05) is 0 Å². The van der Waals surface area contributed by atoms with E-state index in [1.165, 1.54) is 0 Å². The van der Waals surface area contributed by atoms with Gasteiger partial charge in [0.1, 0.15) is 0 Å². The van der Waals surface area contributed by atoms with Gasteiger partial charge in [-0.2, -0.15) is 0 Å². The molecular weight excluding hydrogens is 104 g/mol. The maximum atomic E-state index is 7.25. The summed E-state index contributed by atoms with van der Waals surface area (Å²) in [6.07, 6.45) is 0. The Morgan fingerprint density at radius 1 is 0.571 bits per heavy atom. The van der Waals surface area contributed by atoms with Crippen LogP contribution >= 0.6 is 0 Å². The quantitative estimate of drug-likeness (QED) is 0.439. The second-order valence-electron chi connectivity index (χ2n) is 0. The van der Waals surface area contributed by atoms with E-state index in [-0.39, 0.29) is 6.15 Å². The molecule has 0 spiro atoms. The van der Waals surface area contributed by atoms with Crippen molar-refractivity contribution in [2.75, 3.05) is 0 Å². The average Bonchev–Trinajstić information content (AvgIpc) is 1.81. The molecule has 7 heteroatoms. The SMILES string of the molecule is [N+3].[N-]=O.[N-]=O.[N-]=O. The van der Waals surface area contributed by atoms with E-state index in [9.17, 15) is 0 Å². The van der Waals surface area contributed by atoms with Crippen LogP contribution in [-0.4, -0.2) is 0 Å². The van der Waals surface area contributed by atoms with Crippen LogP contribution in [0.1, 0.15) is 0 Å². The molecule has 7 nitrogen and oxygen atoms in total. The van der Waals surface area contributed by atoms with Crippen molar-refractivity contribution in [2.24, 2.45) is 0 Å². The summed E-state index contributed by atoms with van der Waals surface area (Å²) in [6, 6.07) is 0. The topological polar surface area (TPSA) is 149 Å². The van der Waals surface area contributed by atoms with Crippen molar-refractivity contribution < 1.29 is 0 Å². The first kappa shape index (κ1) is 49.2. The summed E-state index contributed by atoms with van der Waals surface area (Å²) in [5, 5.41) is 0. The fraction of sp³-hybridized carbons (Fsp3) is 0. The molecule has 0 bridgehead atoms. The molecule has 0 amide bonds. The van der Waals surface area contributed by atoms with Crippen molar-refractivity contribution in [3.8, 4) is 0 Å². The third kappa shape index (κ3) is 12.8. The first-order chi connectivity index (χ1) is 3.00. The maximum Gasteiger partial charge on any atom is 3.00 e. The Morgan fingerprint density at radius 2 is 0.571 bits per heavy atom. The first-order valence-corrected chi connectivity index (χ1v) is 0.548. The smallest absolute Gasteiger partial charge is 0.577 e. The van der Waals surface area contributed by atoms with Crippen LogP contribution < -0.4 is 6.15 Å². The highest BCUT2D eigenvalue weighted by atomic mass is 16.2. The van der Waals surface area contributed by atoms with Crippen molar-refractivity contribution >= 4 is 0 Å². The molecule has 0 rings (SSSR count). The molecule has 0 saturated heterocycles. The van der Waals surface area contributed by atoms with Crippen LogP contribution in [0.15, 0.2) is 0 Å². The highest BCUT2D eigenvalue weighted by molar-refractivity contribution is 4.07. The molecule has 0 aromatic rings. The van der Waals surface area contributed by atoms with Crippen LogP contribution in [0, 0.1) is 14.7 Å². The van der Waals surface area contributed by atoms with Gasteiger partial charge in [-0.25, -0.2) is 0 Å². The molecule has 0 heterocycles. The second-order valence-corrected chi connectivity index (χ2v) is 0. The van der Waals surface area contributed by atoms with Crippen molar-refractivity contribution in [1.82, 2.24) is 6.15 Å². The van der Waals surface area contributed by atoms with Crippen molar-refractivity contribution in [3.63, 3.8) is 0 Å². The summed E-state index contributed by atoms with van der Waals surface area (Å²) < 4.78 is 0. The van der Waals surface area contributed by atoms with Crippen LogP contribution in [0.5, 0.6) is 0 Å². The summed E-state index contributed by atoms with van der Waals surface area (Å²) in [7, 11) is 0. The minimum Gasteiger partial charge on any atom is -0.577 e. The van der Waals surface area contributed by atoms with Gasteiger partial charge in [-0.05, 0) is 0 Å². The molecule has 0 fully saturated rings. The molecule has 0 atom stereocenters. The lowest BCUT2D eigenvalue weighted by Gasteiger charge is -1.21. The summed E-state index contributed by atoms with van der Waals surface area (Å²) in [4.78, 5) is 21.8. The Balaban J connectivity index is -0.00000000900. The lowest BCUT2D eigenvalue weighted by atomic mass is 13.8. The molecule has 2 radical (unpaired) electrons. The first-order valence-electron chi connectivity index (χ1n) is 0.548. The standard InChI is InChI=1S/3NO.N/c3*1-2;/q3*-1;+3. The van der Waals surface area contributed by atoms with Gasteiger partial charge in [0.05, 0.1) is 0 Å². The Labute approximate surface area is 39.0 Å². The highest BCUT2D eigenvalue weighted by Crippen LogP contribution is 0.884. The van der Waals surface area contributed by atoms with E-state index in [1.807, 2.05) is 0 Å². The van der Waals surface area contributed by atoms with E-state index < -0.39 is 0 Å². The Kier molecular flexibility index (Phi) is 176. The Bertz CT molecular complexity index is 11.7. The average molecular weight is 104 g/mol. The van der Waals surface area contributed by atoms with Crippen molar-refractivity contribution in [3.05, 3.63) is 31.5 Å².